The Kier molecular flexibility index (Phi) is 8.61. The van der Waals surface area contributed by atoms with Crippen molar-refractivity contribution in [3.05, 3.63) is 0 Å². The predicted molar refractivity (Wildman–Crippen MR) is 65.0 cm³/mol. The molecule has 0 saturated carbocycles. The van der Waals surface area contributed by atoms with Gasteiger partial charge in [0.25, 0.3) is 0 Å². The fourth-order valence-electron chi connectivity index (χ4n) is 1.53. The maximum Gasteiger partial charge on any atom is 0.306 e. The zero-order chi connectivity index (χ0) is 14.0. The lowest BCUT2D eigenvalue weighted by molar-refractivity contribution is -0.144. The summed E-state index contributed by atoms with van der Waals surface area (Å²) in [7, 11) is 0. The summed E-state index contributed by atoms with van der Waals surface area (Å²) in [5.74, 6) is -1.68. The monoisotopic (exact) mass is 259 g/mol. The molecule has 0 bridgehead atoms. The van der Waals surface area contributed by atoms with Crippen molar-refractivity contribution < 1.29 is 24.2 Å². The molecule has 6 heteroatoms. The number of hydrogen-bond acceptors (Lipinski definition) is 4. The average Bonchev–Trinajstić information content (AvgIpc) is 2.26. The van der Waals surface area contributed by atoms with Gasteiger partial charge < -0.3 is 15.2 Å². The van der Waals surface area contributed by atoms with Gasteiger partial charge in [0.1, 0.15) is 0 Å². The van der Waals surface area contributed by atoms with Gasteiger partial charge in [0, 0.05) is 12.5 Å². The molecule has 6 nitrogen and oxygen atoms in total. The van der Waals surface area contributed by atoms with Gasteiger partial charge in [-0.15, -0.1) is 0 Å². The lowest BCUT2D eigenvalue weighted by atomic mass is 10.1. The van der Waals surface area contributed by atoms with Crippen LogP contribution in [0.1, 0.15) is 46.0 Å². The van der Waals surface area contributed by atoms with Crippen LogP contribution >= 0.6 is 0 Å². The van der Waals surface area contributed by atoms with E-state index < -0.39 is 11.9 Å². The Morgan fingerprint density at radius 1 is 1.22 bits per heavy atom. The Morgan fingerprint density at radius 2 is 1.89 bits per heavy atom. The van der Waals surface area contributed by atoms with E-state index in [2.05, 4.69) is 5.32 Å². The summed E-state index contributed by atoms with van der Waals surface area (Å²) in [4.78, 5) is 33.1. The largest absolute Gasteiger partial charge is 0.481 e. The molecular formula is C12H21NO5. The highest BCUT2D eigenvalue weighted by molar-refractivity contribution is 5.81. The molecular weight excluding hydrogens is 238 g/mol. The fourth-order valence-corrected chi connectivity index (χ4v) is 1.53. The normalized spacial score (nSPS) is 11.7. The van der Waals surface area contributed by atoms with Crippen molar-refractivity contribution >= 4 is 17.8 Å². The van der Waals surface area contributed by atoms with Gasteiger partial charge in [-0.2, -0.15) is 0 Å². The van der Waals surface area contributed by atoms with Crippen molar-refractivity contribution in [2.24, 2.45) is 0 Å². The smallest absolute Gasteiger partial charge is 0.306 e. The molecule has 18 heavy (non-hydrogen) atoms. The summed E-state index contributed by atoms with van der Waals surface area (Å²) in [5.41, 5.74) is 0. The SMILES string of the molecule is CCCC(CC(=O)O)NC(=O)CCC(=O)OCC. The highest BCUT2D eigenvalue weighted by atomic mass is 16.5. The standard InChI is InChI=1S/C12H21NO5/c1-3-5-9(8-11(15)16)13-10(14)6-7-12(17)18-4-2/h9H,3-8H2,1-2H3,(H,13,14)(H,15,16). The highest BCUT2D eigenvalue weighted by Gasteiger charge is 2.15. The zero-order valence-electron chi connectivity index (χ0n) is 10.9. The minimum atomic E-state index is -0.945. The molecule has 2 N–H and O–H groups in total. The van der Waals surface area contributed by atoms with Crippen LogP contribution in [-0.2, 0) is 19.1 Å². The Hall–Kier alpha value is -1.59. The molecule has 0 radical (unpaired) electrons. The van der Waals surface area contributed by atoms with E-state index in [-0.39, 0.29) is 37.8 Å². The quantitative estimate of drug-likeness (QED) is 0.605. The minimum absolute atomic E-state index is 0.0194. The van der Waals surface area contributed by atoms with Crippen LogP contribution in [0, 0.1) is 0 Å². The van der Waals surface area contributed by atoms with Gasteiger partial charge >= 0.3 is 11.9 Å². The number of carbonyl (C=O) groups is 3. The van der Waals surface area contributed by atoms with Crippen LogP contribution in [0.4, 0.5) is 0 Å². The van der Waals surface area contributed by atoms with E-state index >= 15 is 0 Å². The molecule has 0 rings (SSSR count). The summed E-state index contributed by atoms with van der Waals surface area (Å²) in [6, 6.07) is -0.373. The van der Waals surface area contributed by atoms with Crippen molar-refractivity contribution in [3.63, 3.8) is 0 Å². The van der Waals surface area contributed by atoms with Crippen molar-refractivity contribution in [2.75, 3.05) is 6.61 Å². The van der Waals surface area contributed by atoms with E-state index in [4.69, 9.17) is 9.84 Å². The third-order valence-electron chi connectivity index (χ3n) is 2.28. The van der Waals surface area contributed by atoms with E-state index in [9.17, 15) is 14.4 Å². The van der Waals surface area contributed by atoms with Crippen molar-refractivity contribution in [3.8, 4) is 0 Å². The summed E-state index contributed by atoms with van der Waals surface area (Å²) in [5, 5.41) is 11.3. The molecule has 0 heterocycles. The summed E-state index contributed by atoms with van der Waals surface area (Å²) >= 11 is 0. The van der Waals surface area contributed by atoms with E-state index in [1.807, 2.05) is 6.92 Å². The third kappa shape index (κ3) is 8.55. The van der Waals surface area contributed by atoms with Crippen LogP contribution in [-0.4, -0.2) is 35.6 Å². The second kappa shape index (κ2) is 9.44. The number of ether oxygens (including phenoxy) is 1. The molecule has 0 aliphatic heterocycles. The molecule has 0 spiro atoms. The van der Waals surface area contributed by atoms with Gasteiger partial charge in [-0.25, -0.2) is 0 Å². The van der Waals surface area contributed by atoms with Crippen LogP contribution < -0.4 is 5.32 Å². The number of hydrogen-bond donors (Lipinski definition) is 2. The molecule has 104 valence electrons. The van der Waals surface area contributed by atoms with E-state index in [1.54, 1.807) is 6.92 Å². The highest BCUT2D eigenvalue weighted by Crippen LogP contribution is 2.03. The molecule has 1 amide bonds. The van der Waals surface area contributed by atoms with E-state index in [0.717, 1.165) is 6.42 Å². The number of carboxylic acid groups (broad SMARTS) is 1. The summed E-state index contributed by atoms with van der Waals surface area (Å²) in [6.07, 6.45) is 1.34. The Morgan fingerprint density at radius 3 is 2.39 bits per heavy atom. The number of carbonyl (C=O) groups excluding carboxylic acids is 2. The molecule has 0 aromatic carbocycles. The second-order valence-corrected chi connectivity index (χ2v) is 3.96. The Balaban J connectivity index is 4.01. The van der Waals surface area contributed by atoms with Gasteiger partial charge in [0.2, 0.25) is 5.91 Å². The molecule has 0 aliphatic rings. The van der Waals surface area contributed by atoms with Crippen LogP contribution in [0.5, 0.6) is 0 Å². The van der Waals surface area contributed by atoms with Crippen LogP contribution in [0.3, 0.4) is 0 Å². The minimum Gasteiger partial charge on any atom is -0.481 e. The van der Waals surface area contributed by atoms with Crippen LogP contribution in [0.25, 0.3) is 0 Å². The first-order valence-corrected chi connectivity index (χ1v) is 6.16. The number of amides is 1. The first-order valence-electron chi connectivity index (χ1n) is 6.16. The van der Waals surface area contributed by atoms with Gasteiger partial charge in [0.15, 0.2) is 0 Å². The molecule has 0 aliphatic carbocycles. The topological polar surface area (TPSA) is 92.7 Å². The number of aliphatic carboxylic acids is 1. The lowest BCUT2D eigenvalue weighted by Crippen LogP contribution is -2.36. The maximum absolute atomic E-state index is 11.5. The molecule has 1 unspecified atom stereocenters. The molecule has 0 aromatic heterocycles. The summed E-state index contributed by atoms with van der Waals surface area (Å²) in [6.45, 7) is 3.90. The predicted octanol–water partition coefficient (Wildman–Crippen LogP) is 1.09. The fraction of sp³-hybridized carbons (Fsp3) is 0.750. The number of nitrogens with one attached hydrogen (secondary N) is 1. The van der Waals surface area contributed by atoms with Crippen molar-refractivity contribution in [2.45, 2.75) is 52.0 Å². The first-order chi connectivity index (χ1) is 8.49. The molecule has 1 atom stereocenters. The van der Waals surface area contributed by atoms with E-state index in [1.165, 1.54) is 0 Å². The van der Waals surface area contributed by atoms with Crippen molar-refractivity contribution in [1.29, 1.82) is 0 Å². The van der Waals surface area contributed by atoms with Crippen LogP contribution in [0.2, 0.25) is 0 Å². The van der Waals surface area contributed by atoms with Gasteiger partial charge in [0.05, 0.1) is 19.4 Å². The molecule has 0 saturated heterocycles. The van der Waals surface area contributed by atoms with Gasteiger partial charge in [-0.05, 0) is 13.3 Å². The number of carboxylic acids is 1. The first kappa shape index (κ1) is 16.4. The van der Waals surface area contributed by atoms with Crippen molar-refractivity contribution in [1.82, 2.24) is 5.32 Å². The maximum atomic E-state index is 11.5. The van der Waals surface area contributed by atoms with E-state index in [0.29, 0.717) is 6.42 Å². The molecule has 0 fully saturated rings. The van der Waals surface area contributed by atoms with Crippen LogP contribution in [0.15, 0.2) is 0 Å². The van der Waals surface area contributed by atoms with Gasteiger partial charge in [-0.1, -0.05) is 13.3 Å². The lowest BCUT2D eigenvalue weighted by Gasteiger charge is -2.15. The molecule has 0 aromatic rings. The average molecular weight is 259 g/mol. The zero-order valence-corrected chi connectivity index (χ0v) is 10.9. The second-order valence-electron chi connectivity index (χ2n) is 3.96. The van der Waals surface area contributed by atoms with Gasteiger partial charge in [-0.3, -0.25) is 14.4 Å². The Bertz CT molecular complexity index is 290. The Labute approximate surface area is 107 Å². The third-order valence-corrected chi connectivity index (χ3v) is 2.28. The summed E-state index contributed by atoms with van der Waals surface area (Å²) < 4.78 is 4.70. The number of rotatable bonds is 9. The number of esters is 1.